The van der Waals surface area contributed by atoms with E-state index in [2.05, 4.69) is 6.07 Å². The van der Waals surface area contributed by atoms with Gasteiger partial charge < -0.3 is 9.47 Å². The number of rotatable bonds is 5. The van der Waals surface area contributed by atoms with Gasteiger partial charge in [0, 0.05) is 6.42 Å². The molecule has 3 nitrogen and oxygen atoms in total. The quantitative estimate of drug-likeness (QED) is 0.581. The van der Waals surface area contributed by atoms with E-state index in [1.54, 1.807) is 6.07 Å². The van der Waals surface area contributed by atoms with Crippen molar-refractivity contribution in [2.75, 3.05) is 6.61 Å². The number of esters is 1. The summed E-state index contributed by atoms with van der Waals surface area (Å²) in [7, 11) is 0. The van der Waals surface area contributed by atoms with Crippen LogP contribution in [0.15, 0.2) is 24.3 Å². The van der Waals surface area contributed by atoms with E-state index < -0.39 is 5.60 Å². The zero-order chi connectivity index (χ0) is 12.7. The van der Waals surface area contributed by atoms with Crippen LogP contribution in [-0.4, -0.2) is 18.2 Å². The summed E-state index contributed by atoms with van der Waals surface area (Å²) in [5.74, 6) is 0.595. The molecule has 17 heavy (non-hydrogen) atoms. The molecular formula is C14H19O3. The van der Waals surface area contributed by atoms with Crippen LogP contribution in [0.25, 0.3) is 0 Å². The summed E-state index contributed by atoms with van der Waals surface area (Å²) in [5, 5.41) is 0. The first kappa shape index (κ1) is 13.6. The third kappa shape index (κ3) is 6.61. The third-order valence-electron chi connectivity index (χ3n) is 1.89. The normalized spacial score (nSPS) is 11.0. The smallest absolute Gasteiger partial charge is 0.306 e. The first-order valence-corrected chi connectivity index (χ1v) is 5.78. The predicted molar refractivity (Wildman–Crippen MR) is 65.9 cm³/mol. The van der Waals surface area contributed by atoms with Gasteiger partial charge in [0.25, 0.3) is 0 Å². The fourth-order valence-corrected chi connectivity index (χ4v) is 1.27. The van der Waals surface area contributed by atoms with Crippen LogP contribution < -0.4 is 4.74 Å². The maximum atomic E-state index is 11.4. The fraction of sp³-hybridized carbons (Fsp3) is 0.500. The van der Waals surface area contributed by atoms with Crippen molar-refractivity contribution in [2.45, 2.75) is 39.2 Å². The van der Waals surface area contributed by atoms with Crippen LogP contribution in [0.2, 0.25) is 0 Å². The standard InChI is InChI=1S/C14H19O3/c1-14(2,3)17-13(15)10-7-11-16-12-8-5-4-6-9-12/h4-5,8-9H,7,10-11H2,1-3H3. The Kier molecular flexibility index (Phi) is 5.01. The van der Waals surface area contributed by atoms with Crippen molar-refractivity contribution in [1.29, 1.82) is 0 Å². The zero-order valence-corrected chi connectivity index (χ0v) is 10.7. The first-order valence-electron chi connectivity index (χ1n) is 5.78. The van der Waals surface area contributed by atoms with E-state index in [0.29, 0.717) is 19.4 Å². The van der Waals surface area contributed by atoms with Gasteiger partial charge >= 0.3 is 5.97 Å². The molecule has 0 aliphatic carbocycles. The van der Waals surface area contributed by atoms with Crippen LogP contribution in [0.4, 0.5) is 0 Å². The molecule has 0 aromatic heterocycles. The molecule has 0 atom stereocenters. The highest BCUT2D eigenvalue weighted by Crippen LogP contribution is 2.11. The molecule has 1 aromatic carbocycles. The van der Waals surface area contributed by atoms with Crippen molar-refractivity contribution in [3.63, 3.8) is 0 Å². The molecule has 0 fully saturated rings. The minimum absolute atomic E-state index is 0.180. The van der Waals surface area contributed by atoms with E-state index in [-0.39, 0.29) is 5.97 Å². The molecular weight excluding hydrogens is 216 g/mol. The lowest BCUT2D eigenvalue weighted by Crippen LogP contribution is -2.23. The molecule has 0 saturated heterocycles. The Morgan fingerprint density at radius 3 is 2.76 bits per heavy atom. The van der Waals surface area contributed by atoms with Crippen molar-refractivity contribution in [3.05, 3.63) is 30.3 Å². The Morgan fingerprint density at radius 2 is 2.18 bits per heavy atom. The number of hydrogen-bond donors (Lipinski definition) is 0. The van der Waals surface area contributed by atoms with Crippen molar-refractivity contribution in [2.24, 2.45) is 0 Å². The third-order valence-corrected chi connectivity index (χ3v) is 1.89. The molecule has 0 amide bonds. The summed E-state index contributed by atoms with van der Waals surface area (Å²) in [6.45, 7) is 6.10. The van der Waals surface area contributed by atoms with Gasteiger partial charge in [0.2, 0.25) is 0 Å². The number of benzene rings is 1. The molecule has 0 aliphatic rings. The van der Waals surface area contributed by atoms with Crippen molar-refractivity contribution < 1.29 is 14.3 Å². The van der Waals surface area contributed by atoms with E-state index in [0.717, 1.165) is 5.75 Å². The van der Waals surface area contributed by atoms with Crippen LogP contribution >= 0.6 is 0 Å². The highest BCUT2D eigenvalue weighted by atomic mass is 16.6. The Morgan fingerprint density at radius 1 is 1.41 bits per heavy atom. The van der Waals surface area contributed by atoms with E-state index in [1.807, 2.05) is 39.0 Å². The molecule has 0 unspecified atom stereocenters. The Bertz CT molecular complexity index is 338. The molecule has 1 radical (unpaired) electrons. The molecule has 0 bridgehead atoms. The molecule has 0 spiro atoms. The second kappa shape index (κ2) is 6.28. The number of hydrogen-bond acceptors (Lipinski definition) is 3. The molecule has 3 heteroatoms. The SMILES string of the molecule is CC(C)(C)OC(=O)CCCOc1c[c]ccc1. The maximum Gasteiger partial charge on any atom is 0.306 e. The minimum atomic E-state index is -0.410. The van der Waals surface area contributed by atoms with Crippen molar-refractivity contribution in [1.82, 2.24) is 0 Å². The van der Waals surface area contributed by atoms with Crippen molar-refractivity contribution in [3.8, 4) is 5.75 Å². The van der Waals surface area contributed by atoms with Gasteiger partial charge in [-0.15, -0.1) is 0 Å². The lowest BCUT2D eigenvalue weighted by molar-refractivity contribution is -0.155. The topological polar surface area (TPSA) is 35.5 Å². The van der Waals surface area contributed by atoms with Gasteiger partial charge in [-0.1, -0.05) is 12.1 Å². The van der Waals surface area contributed by atoms with Crippen LogP contribution in [-0.2, 0) is 9.53 Å². The van der Waals surface area contributed by atoms with Gasteiger partial charge in [-0.25, -0.2) is 0 Å². The fourth-order valence-electron chi connectivity index (χ4n) is 1.27. The Labute approximate surface area is 103 Å². The van der Waals surface area contributed by atoms with Gasteiger partial charge in [0.05, 0.1) is 6.61 Å². The number of ether oxygens (including phenoxy) is 2. The van der Waals surface area contributed by atoms with Gasteiger partial charge in [0.15, 0.2) is 0 Å². The second-order valence-electron chi connectivity index (χ2n) is 4.78. The molecule has 1 rings (SSSR count). The lowest BCUT2D eigenvalue weighted by atomic mass is 10.2. The van der Waals surface area contributed by atoms with E-state index in [4.69, 9.17) is 9.47 Å². The minimum Gasteiger partial charge on any atom is -0.494 e. The average molecular weight is 235 g/mol. The zero-order valence-electron chi connectivity index (χ0n) is 10.7. The molecule has 0 heterocycles. The predicted octanol–water partition coefficient (Wildman–Crippen LogP) is 2.99. The summed E-state index contributed by atoms with van der Waals surface area (Å²) in [4.78, 5) is 11.4. The molecule has 0 N–H and O–H groups in total. The summed E-state index contributed by atoms with van der Waals surface area (Å²) < 4.78 is 10.6. The molecule has 93 valence electrons. The number of carbonyl (C=O) groups is 1. The summed E-state index contributed by atoms with van der Waals surface area (Å²) in [6, 6.07) is 10.2. The average Bonchev–Trinajstić information content (AvgIpc) is 2.23. The van der Waals surface area contributed by atoms with Gasteiger partial charge in [-0.2, -0.15) is 0 Å². The van der Waals surface area contributed by atoms with Crippen LogP contribution in [0, 0.1) is 6.07 Å². The van der Waals surface area contributed by atoms with E-state index >= 15 is 0 Å². The molecule has 0 saturated carbocycles. The summed E-state index contributed by atoms with van der Waals surface area (Å²) >= 11 is 0. The highest BCUT2D eigenvalue weighted by Gasteiger charge is 2.15. The lowest BCUT2D eigenvalue weighted by Gasteiger charge is -2.19. The molecule has 0 aliphatic heterocycles. The van der Waals surface area contributed by atoms with Gasteiger partial charge in [-0.05, 0) is 45.4 Å². The highest BCUT2D eigenvalue weighted by molar-refractivity contribution is 5.69. The van der Waals surface area contributed by atoms with Crippen LogP contribution in [0.1, 0.15) is 33.6 Å². The van der Waals surface area contributed by atoms with E-state index in [9.17, 15) is 4.79 Å². The summed E-state index contributed by atoms with van der Waals surface area (Å²) in [5.41, 5.74) is -0.410. The Hall–Kier alpha value is -1.51. The Balaban J connectivity index is 2.14. The number of carbonyl (C=O) groups excluding carboxylic acids is 1. The second-order valence-corrected chi connectivity index (χ2v) is 4.78. The first-order chi connectivity index (χ1) is 7.97. The van der Waals surface area contributed by atoms with Gasteiger partial charge in [0.1, 0.15) is 11.4 Å². The largest absolute Gasteiger partial charge is 0.494 e. The monoisotopic (exact) mass is 235 g/mol. The van der Waals surface area contributed by atoms with Crippen LogP contribution in [0.3, 0.4) is 0 Å². The summed E-state index contributed by atoms with van der Waals surface area (Å²) in [6.07, 6.45) is 1.04. The maximum absolute atomic E-state index is 11.4. The van der Waals surface area contributed by atoms with Gasteiger partial charge in [-0.3, -0.25) is 4.79 Å². The van der Waals surface area contributed by atoms with Crippen molar-refractivity contribution >= 4 is 5.97 Å². The van der Waals surface area contributed by atoms with Crippen LogP contribution in [0.5, 0.6) is 5.75 Å². The molecule has 1 aromatic rings. The van der Waals surface area contributed by atoms with E-state index in [1.165, 1.54) is 0 Å².